The molecule has 0 atom stereocenters. The maximum absolute atomic E-state index is 15.0. The van der Waals surface area contributed by atoms with Crippen molar-refractivity contribution in [3.63, 3.8) is 0 Å². The largest absolute Gasteiger partial charge is 0.490 e. The van der Waals surface area contributed by atoms with E-state index in [0.29, 0.717) is 17.2 Å². The summed E-state index contributed by atoms with van der Waals surface area (Å²) in [6, 6.07) is 18.6. The monoisotopic (exact) mass is 430 g/mol. The zero-order valence-electron chi connectivity index (χ0n) is 18.0. The summed E-state index contributed by atoms with van der Waals surface area (Å²) in [6.07, 6.45) is 6.57. The number of pyridine rings is 1. The van der Waals surface area contributed by atoms with Crippen molar-refractivity contribution < 1.29 is 13.9 Å². The molecule has 2 aromatic carbocycles. The summed E-state index contributed by atoms with van der Waals surface area (Å²) in [7, 11) is 0. The zero-order chi connectivity index (χ0) is 21.9. The summed E-state index contributed by atoms with van der Waals surface area (Å²) in [5, 5.41) is 0. The lowest BCUT2D eigenvalue weighted by molar-refractivity contribution is -0.140. The fourth-order valence-corrected chi connectivity index (χ4v) is 4.48. The maximum Gasteiger partial charge on any atom is 0.225 e. The van der Waals surface area contributed by atoms with Gasteiger partial charge in [-0.3, -0.25) is 9.78 Å². The zero-order valence-corrected chi connectivity index (χ0v) is 18.0. The van der Waals surface area contributed by atoms with Gasteiger partial charge < -0.3 is 9.64 Å². The first-order valence-electron chi connectivity index (χ1n) is 11.4. The molecule has 4 nitrogen and oxygen atoms in total. The van der Waals surface area contributed by atoms with E-state index in [4.69, 9.17) is 4.74 Å². The number of hydrogen-bond donors (Lipinski definition) is 0. The van der Waals surface area contributed by atoms with Gasteiger partial charge in [-0.05, 0) is 48.7 Å². The second-order valence-electron chi connectivity index (χ2n) is 8.71. The van der Waals surface area contributed by atoms with E-state index in [9.17, 15) is 9.18 Å². The molecule has 0 spiro atoms. The van der Waals surface area contributed by atoms with Gasteiger partial charge in [0.25, 0.3) is 0 Å². The number of amides is 1. The number of likely N-dealkylation sites (tertiary alicyclic amines) is 1. The molecule has 5 rings (SSSR count). The molecule has 3 aromatic rings. The lowest BCUT2D eigenvalue weighted by Gasteiger charge is -2.36. The van der Waals surface area contributed by atoms with E-state index in [1.807, 2.05) is 53.4 Å². The highest BCUT2D eigenvalue weighted by Crippen LogP contribution is 2.32. The molecule has 1 aromatic heterocycles. The van der Waals surface area contributed by atoms with Gasteiger partial charge in [0.05, 0.1) is 5.69 Å². The predicted molar refractivity (Wildman–Crippen MR) is 123 cm³/mol. The molecule has 2 fully saturated rings. The molecule has 1 amide bonds. The normalized spacial score (nSPS) is 17.1. The number of carbonyl (C=O) groups is 1. The van der Waals surface area contributed by atoms with E-state index in [0.717, 1.165) is 55.6 Å². The Kier molecular flexibility index (Phi) is 5.89. The van der Waals surface area contributed by atoms with Gasteiger partial charge in [-0.15, -0.1) is 0 Å². The van der Waals surface area contributed by atoms with Crippen molar-refractivity contribution in [3.05, 3.63) is 72.7 Å². The van der Waals surface area contributed by atoms with Crippen LogP contribution in [0.4, 0.5) is 4.39 Å². The third kappa shape index (κ3) is 4.38. The van der Waals surface area contributed by atoms with E-state index in [-0.39, 0.29) is 17.8 Å². The van der Waals surface area contributed by atoms with Crippen molar-refractivity contribution >= 4 is 5.91 Å². The van der Waals surface area contributed by atoms with Gasteiger partial charge in [-0.25, -0.2) is 4.39 Å². The molecular weight excluding hydrogens is 403 g/mol. The van der Waals surface area contributed by atoms with Crippen LogP contribution in [0.2, 0.25) is 0 Å². The molecule has 0 radical (unpaired) electrons. The van der Waals surface area contributed by atoms with E-state index < -0.39 is 0 Å². The molecule has 5 heteroatoms. The molecule has 164 valence electrons. The minimum atomic E-state index is -0.307. The van der Waals surface area contributed by atoms with Crippen LogP contribution in [0.15, 0.2) is 66.9 Å². The van der Waals surface area contributed by atoms with Gasteiger partial charge in [-0.2, -0.15) is 0 Å². The number of hydrogen-bond acceptors (Lipinski definition) is 3. The molecular formula is C27H27FN2O2. The number of nitrogens with zero attached hydrogens (tertiary/aromatic N) is 2. The highest BCUT2D eigenvalue weighted by Gasteiger charge is 2.32. The number of carbonyl (C=O) groups excluding carboxylic acids is 1. The highest BCUT2D eigenvalue weighted by atomic mass is 19.1. The van der Waals surface area contributed by atoms with Crippen molar-refractivity contribution in [3.8, 4) is 28.1 Å². The van der Waals surface area contributed by atoms with Crippen LogP contribution in [0.5, 0.6) is 5.75 Å². The second kappa shape index (κ2) is 9.11. The Bertz CT molecular complexity index is 1090. The lowest BCUT2D eigenvalue weighted by atomic mass is 9.84. The Morgan fingerprint density at radius 2 is 1.75 bits per heavy atom. The van der Waals surface area contributed by atoms with Crippen LogP contribution in [0.1, 0.15) is 32.1 Å². The van der Waals surface area contributed by atoms with Crippen molar-refractivity contribution in [2.24, 2.45) is 5.92 Å². The molecule has 1 saturated carbocycles. The Labute approximate surface area is 188 Å². The number of ether oxygens (including phenoxy) is 1. The Hall–Kier alpha value is -3.21. The highest BCUT2D eigenvalue weighted by molar-refractivity contribution is 5.79. The summed E-state index contributed by atoms with van der Waals surface area (Å²) in [6.45, 7) is 1.45. The average molecular weight is 431 g/mol. The van der Waals surface area contributed by atoms with Crippen LogP contribution in [0.25, 0.3) is 22.4 Å². The Morgan fingerprint density at radius 1 is 0.938 bits per heavy atom. The standard InChI is InChI=1S/C27H27FN2O2/c28-25-18-23(32-22-12-15-30(16-13-22)27(31)19-5-3-6-19)10-11-24(25)20-7-4-8-21(17-20)26-9-1-2-14-29-26/h1-2,4,7-11,14,17-19,22H,3,5-6,12-13,15-16H2. The molecule has 1 aliphatic heterocycles. The van der Waals surface area contributed by atoms with Crippen LogP contribution in [0.3, 0.4) is 0 Å². The number of halogens is 1. The second-order valence-corrected chi connectivity index (χ2v) is 8.71. The van der Waals surface area contributed by atoms with Gasteiger partial charge in [0.15, 0.2) is 0 Å². The van der Waals surface area contributed by atoms with Crippen molar-refractivity contribution in [1.29, 1.82) is 0 Å². The van der Waals surface area contributed by atoms with Gasteiger partial charge in [0.2, 0.25) is 5.91 Å². The van der Waals surface area contributed by atoms with Crippen molar-refractivity contribution in [2.45, 2.75) is 38.2 Å². The van der Waals surface area contributed by atoms with Gasteiger partial charge in [0.1, 0.15) is 17.7 Å². The van der Waals surface area contributed by atoms with Gasteiger partial charge >= 0.3 is 0 Å². The average Bonchev–Trinajstić information content (AvgIpc) is 2.79. The summed E-state index contributed by atoms with van der Waals surface area (Å²) >= 11 is 0. The van der Waals surface area contributed by atoms with Crippen LogP contribution < -0.4 is 4.74 Å². The fraction of sp³-hybridized carbons (Fsp3) is 0.333. The van der Waals surface area contributed by atoms with Crippen molar-refractivity contribution in [1.82, 2.24) is 9.88 Å². The molecule has 1 saturated heterocycles. The lowest BCUT2D eigenvalue weighted by Crippen LogP contribution is -2.45. The first-order chi connectivity index (χ1) is 15.7. The summed E-state index contributed by atoms with van der Waals surface area (Å²) in [5.74, 6) is 0.775. The van der Waals surface area contributed by atoms with E-state index in [1.165, 1.54) is 12.5 Å². The summed E-state index contributed by atoms with van der Waals surface area (Å²) < 4.78 is 21.0. The maximum atomic E-state index is 15.0. The van der Waals surface area contributed by atoms with Crippen molar-refractivity contribution in [2.75, 3.05) is 13.1 Å². The van der Waals surface area contributed by atoms with Crippen LogP contribution in [-0.2, 0) is 4.79 Å². The molecule has 1 aliphatic carbocycles. The summed E-state index contributed by atoms with van der Waals surface area (Å²) in [5.41, 5.74) is 3.15. The molecule has 2 heterocycles. The number of benzene rings is 2. The minimum absolute atomic E-state index is 0.0122. The quantitative estimate of drug-likeness (QED) is 0.520. The number of piperidine rings is 1. The fourth-order valence-electron chi connectivity index (χ4n) is 4.48. The number of aromatic nitrogens is 1. The van der Waals surface area contributed by atoms with Crippen LogP contribution >= 0.6 is 0 Å². The summed E-state index contributed by atoms with van der Waals surface area (Å²) in [4.78, 5) is 18.8. The van der Waals surface area contributed by atoms with Crippen LogP contribution in [-0.4, -0.2) is 35.0 Å². The molecule has 0 N–H and O–H groups in total. The smallest absolute Gasteiger partial charge is 0.225 e. The third-order valence-electron chi connectivity index (χ3n) is 6.59. The number of rotatable bonds is 5. The van der Waals surface area contributed by atoms with Crippen LogP contribution in [0, 0.1) is 11.7 Å². The predicted octanol–water partition coefficient (Wildman–Crippen LogP) is 5.72. The van der Waals surface area contributed by atoms with E-state index >= 15 is 0 Å². The first kappa shape index (κ1) is 20.7. The topological polar surface area (TPSA) is 42.4 Å². The SMILES string of the molecule is O=C(C1CCC1)N1CCC(Oc2ccc(-c3cccc(-c4ccccn4)c3)c(F)c2)CC1. The molecule has 2 aliphatic rings. The minimum Gasteiger partial charge on any atom is -0.490 e. The van der Waals surface area contributed by atoms with E-state index in [1.54, 1.807) is 12.3 Å². The first-order valence-corrected chi connectivity index (χ1v) is 11.4. The Morgan fingerprint density at radius 3 is 2.44 bits per heavy atom. The Balaban J connectivity index is 1.24. The van der Waals surface area contributed by atoms with Gasteiger partial charge in [-0.1, -0.05) is 30.7 Å². The molecule has 0 bridgehead atoms. The van der Waals surface area contributed by atoms with Gasteiger partial charge in [0, 0.05) is 55.2 Å². The third-order valence-corrected chi connectivity index (χ3v) is 6.59. The van der Waals surface area contributed by atoms with E-state index in [2.05, 4.69) is 4.98 Å². The molecule has 0 unspecified atom stereocenters. The molecule has 32 heavy (non-hydrogen) atoms.